The quantitative estimate of drug-likeness (QED) is 0.565. The van der Waals surface area contributed by atoms with E-state index in [1.807, 2.05) is 0 Å². The second kappa shape index (κ2) is 2.13. The van der Waals surface area contributed by atoms with Gasteiger partial charge < -0.3 is 5.32 Å². The van der Waals surface area contributed by atoms with E-state index in [-0.39, 0.29) is 0 Å². The second-order valence-electron chi connectivity index (χ2n) is 3.56. The molecule has 0 aromatic rings. The van der Waals surface area contributed by atoms with Gasteiger partial charge in [0.05, 0.1) is 0 Å². The highest BCUT2D eigenvalue weighted by atomic mass is 14.9. The first-order valence-electron chi connectivity index (χ1n) is 4.46. The molecule has 0 spiro atoms. The van der Waals surface area contributed by atoms with E-state index in [9.17, 15) is 0 Å². The van der Waals surface area contributed by atoms with Crippen molar-refractivity contribution < 1.29 is 0 Å². The summed E-state index contributed by atoms with van der Waals surface area (Å²) in [6, 6.07) is 0. The molecule has 1 heteroatoms. The average molecular weight is 157 g/mol. The first-order chi connectivity index (χ1) is 5.95. The molecule has 1 aliphatic heterocycles. The van der Waals surface area contributed by atoms with Gasteiger partial charge in [-0.1, -0.05) is 30.4 Å². The minimum Gasteiger partial charge on any atom is -0.387 e. The van der Waals surface area contributed by atoms with Crippen molar-refractivity contribution in [1.82, 2.24) is 5.32 Å². The van der Waals surface area contributed by atoms with E-state index in [0.717, 1.165) is 6.54 Å². The molecule has 1 nitrogen and oxygen atoms in total. The zero-order valence-corrected chi connectivity index (χ0v) is 6.83. The summed E-state index contributed by atoms with van der Waals surface area (Å²) in [6.45, 7) is 1.10. The van der Waals surface area contributed by atoms with Gasteiger partial charge in [-0.2, -0.15) is 0 Å². The lowest BCUT2D eigenvalue weighted by atomic mass is 9.81. The fourth-order valence-electron chi connectivity index (χ4n) is 2.30. The van der Waals surface area contributed by atoms with Crippen LogP contribution in [-0.4, -0.2) is 6.54 Å². The maximum Gasteiger partial charge on any atom is 0.0317 e. The van der Waals surface area contributed by atoms with Crippen molar-refractivity contribution in [2.45, 2.75) is 0 Å². The van der Waals surface area contributed by atoms with Crippen LogP contribution in [0.1, 0.15) is 0 Å². The Hall–Kier alpha value is -1.24. The molecule has 0 aromatic heterocycles. The molecule has 3 rings (SSSR count). The van der Waals surface area contributed by atoms with Gasteiger partial charge in [0, 0.05) is 24.1 Å². The SMILES string of the molecule is C1=CC2=CC=CC3CNC(=C1)C23. The fourth-order valence-corrected chi connectivity index (χ4v) is 2.30. The lowest BCUT2D eigenvalue weighted by Crippen LogP contribution is -2.14. The molecule has 0 bridgehead atoms. The molecule has 1 fully saturated rings. The van der Waals surface area contributed by atoms with E-state index in [1.54, 1.807) is 0 Å². The summed E-state index contributed by atoms with van der Waals surface area (Å²) in [4.78, 5) is 0. The molecule has 1 N–H and O–H groups in total. The van der Waals surface area contributed by atoms with Crippen LogP contribution in [0.2, 0.25) is 0 Å². The van der Waals surface area contributed by atoms with Crippen molar-refractivity contribution >= 4 is 0 Å². The van der Waals surface area contributed by atoms with Crippen LogP contribution in [0.15, 0.2) is 47.7 Å². The summed E-state index contributed by atoms with van der Waals surface area (Å²) in [5.41, 5.74) is 2.86. The lowest BCUT2D eigenvalue weighted by Gasteiger charge is -2.22. The van der Waals surface area contributed by atoms with Gasteiger partial charge in [0.2, 0.25) is 0 Å². The zero-order chi connectivity index (χ0) is 7.97. The normalized spacial score (nSPS) is 35.3. The first kappa shape index (κ1) is 6.30. The van der Waals surface area contributed by atoms with Crippen molar-refractivity contribution in [3.05, 3.63) is 47.7 Å². The minimum absolute atomic E-state index is 0.639. The van der Waals surface area contributed by atoms with Gasteiger partial charge in [-0.3, -0.25) is 0 Å². The Morgan fingerprint density at radius 3 is 3.25 bits per heavy atom. The molecule has 60 valence electrons. The van der Waals surface area contributed by atoms with Crippen molar-refractivity contribution in [3.63, 3.8) is 0 Å². The fraction of sp³-hybridized carbons (Fsp3) is 0.273. The third-order valence-electron chi connectivity index (χ3n) is 2.88. The van der Waals surface area contributed by atoms with Crippen LogP contribution >= 0.6 is 0 Å². The van der Waals surface area contributed by atoms with E-state index >= 15 is 0 Å². The molecule has 2 unspecified atom stereocenters. The summed E-state index contributed by atoms with van der Waals surface area (Å²) in [7, 11) is 0. The average Bonchev–Trinajstić information content (AvgIpc) is 2.52. The highest BCUT2D eigenvalue weighted by molar-refractivity contribution is 5.45. The zero-order valence-electron chi connectivity index (χ0n) is 6.83. The monoisotopic (exact) mass is 157 g/mol. The Morgan fingerprint density at radius 1 is 1.25 bits per heavy atom. The highest BCUT2D eigenvalue weighted by Crippen LogP contribution is 2.38. The van der Waals surface area contributed by atoms with E-state index < -0.39 is 0 Å². The maximum atomic E-state index is 3.45. The largest absolute Gasteiger partial charge is 0.387 e. The molecule has 1 saturated heterocycles. The first-order valence-corrected chi connectivity index (χ1v) is 4.46. The van der Waals surface area contributed by atoms with Crippen LogP contribution < -0.4 is 5.32 Å². The Bertz CT molecular complexity index is 331. The van der Waals surface area contributed by atoms with Crippen LogP contribution in [0.4, 0.5) is 0 Å². The topological polar surface area (TPSA) is 12.0 Å². The molecule has 0 amide bonds. The molecule has 0 aromatic carbocycles. The molecule has 3 aliphatic rings. The van der Waals surface area contributed by atoms with Crippen molar-refractivity contribution in [1.29, 1.82) is 0 Å². The smallest absolute Gasteiger partial charge is 0.0317 e. The van der Waals surface area contributed by atoms with Gasteiger partial charge in [-0.15, -0.1) is 0 Å². The van der Waals surface area contributed by atoms with Gasteiger partial charge in [0.15, 0.2) is 0 Å². The van der Waals surface area contributed by atoms with Crippen LogP contribution in [0, 0.1) is 11.8 Å². The molecule has 12 heavy (non-hydrogen) atoms. The Morgan fingerprint density at radius 2 is 2.25 bits per heavy atom. The number of allylic oxidation sites excluding steroid dienone is 6. The Labute approximate surface area is 72.2 Å². The Balaban J connectivity index is 2.15. The van der Waals surface area contributed by atoms with Gasteiger partial charge in [-0.05, 0) is 11.6 Å². The maximum absolute atomic E-state index is 3.45. The summed E-state index contributed by atoms with van der Waals surface area (Å²) in [5.74, 6) is 1.33. The molecule has 2 atom stereocenters. The molecule has 0 radical (unpaired) electrons. The molecular formula is C11H11N. The van der Waals surface area contributed by atoms with Crippen molar-refractivity contribution in [2.24, 2.45) is 11.8 Å². The van der Waals surface area contributed by atoms with Crippen LogP contribution in [0.5, 0.6) is 0 Å². The summed E-state index contributed by atoms with van der Waals surface area (Å²) >= 11 is 0. The number of hydrogen-bond acceptors (Lipinski definition) is 1. The van der Waals surface area contributed by atoms with Gasteiger partial charge in [-0.25, -0.2) is 0 Å². The predicted molar refractivity (Wildman–Crippen MR) is 49.4 cm³/mol. The number of rotatable bonds is 0. The molecule has 0 saturated carbocycles. The van der Waals surface area contributed by atoms with Crippen molar-refractivity contribution in [2.75, 3.05) is 6.54 Å². The number of nitrogens with one attached hydrogen (secondary N) is 1. The standard InChI is InChI=1S/C11H11N/c1-3-8-4-2-6-10-11(8)9(5-1)7-12-10/h1-6,9,11-12H,7H2. The van der Waals surface area contributed by atoms with E-state index in [1.165, 1.54) is 11.3 Å². The molecule has 2 aliphatic carbocycles. The Kier molecular flexibility index (Phi) is 1.12. The minimum atomic E-state index is 0.639. The van der Waals surface area contributed by atoms with Gasteiger partial charge >= 0.3 is 0 Å². The third kappa shape index (κ3) is 0.685. The molecular weight excluding hydrogens is 146 g/mol. The van der Waals surface area contributed by atoms with Gasteiger partial charge in [0.1, 0.15) is 0 Å². The predicted octanol–water partition coefficient (Wildman–Crippen LogP) is 1.77. The van der Waals surface area contributed by atoms with E-state index in [2.05, 4.69) is 41.8 Å². The summed E-state index contributed by atoms with van der Waals surface area (Å²) in [5, 5.41) is 3.45. The van der Waals surface area contributed by atoms with Crippen LogP contribution in [-0.2, 0) is 0 Å². The highest BCUT2D eigenvalue weighted by Gasteiger charge is 2.33. The van der Waals surface area contributed by atoms with Crippen molar-refractivity contribution in [3.8, 4) is 0 Å². The van der Waals surface area contributed by atoms with E-state index in [4.69, 9.17) is 0 Å². The molecule has 1 heterocycles. The lowest BCUT2D eigenvalue weighted by molar-refractivity contribution is 0.599. The van der Waals surface area contributed by atoms with Crippen LogP contribution in [0.3, 0.4) is 0 Å². The van der Waals surface area contributed by atoms with E-state index in [0.29, 0.717) is 11.8 Å². The second-order valence-corrected chi connectivity index (χ2v) is 3.56. The third-order valence-corrected chi connectivity index (χ3v) is 2.88. The van der Waals surface area contributed by atoms with Crippen LogP contribution in [0.25, 0.3) is 0 Å². The van der Waals surface area contributed by atoms with Gasteiger partial charge in [0.25, 0.3) is 0 Å². The number of hydrogen-bond donors (Lipinski definition) is 1. The summed E-state index contributed by atoms with van der Waals surface area (Å²) < 4.78 is 0. The summed E-state index contributed by atoms with van der Waals surface area (Å²) in [6.07, 6.45) is 13.3.